The molecule has 0 aliphatic carbocycles. The van der Waals surface area contributed by atoms with Gasteiger partial charge in [0.1, 0.15) is 12.1 Å². The van der Waals surface area contributed by atoms with Crippen LogP contribution in [0.3, 0.4) is 0 Å². The molecule has 3 aliphatic rings. The molecule has 232 valence electrons. The molecule has 2 fully saturated rings. The van der Waals surface area contributed by atoms with Crippen molar-refractivity contribution < 1.29 is 22.8 Å². The van der Waals surface area contributed by atoms with Crippen LogP contribution in [0.15, 0.2) is 41.3 Å². The van der Waals surface area contributed by atoms with E-state index in [2.05, 4.69) is 22.6 Å². The molecule has 2 N–H and O–H groups in total. The van der Waals surface area contributed by atoms with E-state index in [4.69, 9.17) is 11.6 Å². The molecule has 3 aliphatic heterocycles. The Morgan fingerprint density at radius 2 is 1.72 bits per heavy atom. The minimum atomic E-state index is -4.30. The van der Waals surface area contributed by atoms with Gasteiger partial charge in [0.05, 0.1) is 22.7 Å². The summed E-state index contributed by atoms with van der Waals surface area (Å²) in [6, 6.07) is 7.59. The van der Waals surface area contributed by atoms with Gasteiger partial charge in [0.25, 0.3) is 10.0 Å². The number of piperidine rings is 1. The predicted octanol–water partition coefficient (Wildman–Crippen LogP) is 3.70. The first-order valence-corrected chi connectivity index (χ1v) is 16.7. The summed E-state index contributed by atoms with van der Waals surface area (Å²) in [6.45, 7) is 6.54. The highest BCUT2D eigenvalue weighted by Crippen LogP contribution is 2.38. The lowest BCUT2D eigenvalue weighted by atomic mass is 9.89. The number of hydrogen-bond donors (Lipinski definition) is 2. The molecule has 0 aromatic heterocycles. The van der Waals surface area contributed by atoms with E-state index in [1.807, 2.05) is 0 Å². The van der Waals surface area contributed by atoms with Crippen molar-refractivity contribution in [2.75, 3.05) is 42.8 Å². The summed E-state index contributed by atoms with van der Waals surface area (Å²) in [5, 5.41) is 6.12. The van der Waals surface area contributed by atoms with Crippen LogP contribution in [0.1, 0.15) is 49.7 Å². The van der Waals surface area contributed by atoms with Crippen LogP contribution in [0.4, 0.5) is 11.4 Å². The lowest BCUT2D eigenvalue weighted by molar-refractivity contribution is -0.136. The standard InChI is InChI=1S/C31H40ClN5O5S/c1-20-17-28(21(2)16-23(20)32)43(41,42)37-26-9-5-4-8-24(26)34-30(39)27(37)19-29(38)33-25(31(40)36-12-6-7-13-36)18-22-10-14-35(3)15-11-22/h4-5,8-9,16-17,22,25,27H,6-7,10-15,18-19H2,1-3H3,(H,33,38)(H,34,39). The summed E-state index contributed by atoms with van der Waals surface area (Å²) in [5.74, 6) is -0.987. The summed E-state index contributed by atoms with van der Waals surface area (Å²) in [5.41, 5.74) is 1.60. The molecule has 0 spiro atoms. The molecule has 2 unspecified atom stereocenters. The zero-order valence-electron chi connectivity index (χ0n) is 24.9. The van der Waals surface area contributed by atoms with Crippen molar-refractivity contribution in [1.82, 2.24) is 15.1 Å². The van der Waals surface area contributed by atoms with Gasteiger partial charge < -0.3 is 20.4 Å². The molecule has 2 aromatic carbocycles. The van der Waals surface area contributed by atoms with Gasteiger partial charge >= 0.3 is 0 Å². The number of amides is 3. The van der Waals surface area contributed by atoms with Crippen molar-refractivity contribution in [3.63, 3.8) is 0 Å². The Morgan fingerprint density at radius 3 is 2.42 bits per heavy atom. The summed E-state index contributed by atoms with van der Waals surface area (Å²) in [4.78, 5) is 44.7. The van der Waals surface area contributed by atoms with Crippen molar-refractivity contribution in [3.8, 4) is 0 Å². The minimum absolute atomic E-state index is 0.00802. The number of hydrogen-bond acceptors (Lipinski definition) is 6. The summed E-state index contributed by atoms with van der Waals surface area (Å²) >= 11 is 6.26. The maximum atomic E-state index is 14.3. The van der Waals surface area contributed by atoms with E-state index < -0.39 is 40.3 Å². The number of sulfonamides is 1. The molecule has 0 radical (unpaired) electrons. The highest BCUT2D eigenvalue weighted by Gasteiger charge is 2.43. The number of halogens is 1. The van der Waals surface area contributed by atoms with E-state index in [1.165, 1.54) is 6.07 Å². The molecular formula is C31H40ClN5O5S. The lowest BCUT2D eigenvalue weighted by Crippen LogP contribution is -2.55. The first-order chi connectivity index (χ1) is 20.5. The summed E-state index contributed by atoms with van der Waals surface area (Å²) in [6.07, 6.45) is 3.80. The molecule has 2 atom stereocenters. The molecule has 2 aromatic rings. The number of carbonyl (C=O) groups is 3. The van der Waals surface area contributed by atoms with E-state index in [1.54, 1.807) is 49.1 Å². The maximum absolute atomic E-state index is 14.3. The van der Waals surface area contributed by atoms with Gasteiger partial charge in [-0.3, -0.25) is 18.7 Å². The largest absolute Gasteiger partial charge is 0.344 e. The van der Waals surface area contributed by atoms with Gasteiger partial charge in [0, 0.05) is 18.1 Å². The fourth-order valence-electron chi connectivity index (χ4n) is 6.31. The fraction of sp³-hybridized carbons (Fsp3) is 0.516. The van der Waals surface area contributed by atoms with Crippen LogP contribution in [-0.4, -0.2) is 81.2 Å². The van der Waals surface area contributed by atoms with Crippen LogP contribution >= 0.6 is 11.6 Å². The highest BCUT2D eigenvalue weighted by molar-refractivity contribution is 7.93. The Kier molecular flexibility index (Phi) is 9.34. The molecule has 3 amide bonds. The molecule has 12 heteroatoms. The predicted molar refractivity (Wildman–Crippen MR) is 167 cm³/mol. The van der Waals surface area contributed by atoms with E-state index in [0.717, 1.165) is 43.1 Å². The smallest absolute Gasteiger partial charge is 0.265 e. The number of nitrogens with zero attached hydrogens (tertiary/aromatic N) is 3. The molecule has 2 saturated heterocycles. The molecular weight excluding hydrogens is 590 g/mol. The topological polar surface area (TPSA) is 119 Å². The Balaban J connectivity index is 1.44. The van der Waals surface area contributed by atoms with Gasteiger partial charge in [-0.05, 0) is 107 Å². The first-order valence-electron chi connectivity index (χ1n) is 14.9. The average molecular weight is 630 g/mol. The second-order valence-corrected chi connectivity index (χ2v) is 14.2. The van der Waals surface area contributed by atoms with Crippen LogP contribution < -0.4 is 14.9 Å². The SMILES string of the molecule is Cc1cc(S(=O)(=O)N2c3ccccc3NC(=O)C2CC(=O)NC(CC2CCN(C)CC2)C(=O)N2CCCC2)c(C)cc1Cl. The average Bonchev–Trinajstić information content (AvgIpc) is 3.51. The van der Waals surface area contributed by atoms with Crippen molar-refractivity contribution in [2.45, 2.75) is 69.4 Å². The Labute approximate surface area is 258 Å². The normalized spacial score (nSPS) is 20.5. The van der Waals surface area contributed by atoms with Gasteiger partial charge in [-0.25, -0.2) is 8.42 Å². The second-order valence-electron chi connectivity index (χ2n) is 12.0. The minimum Gasteiger partial charge on any atom is -0.344 e. The van der Waals surface area contributed by atoms with Gasteiger partial charge in [-0.1, -0.05) is 23.7 Å². The van der Waals surface area contributed by atoms with E-state index in [0.29, 0.717) is 41.3 Å². The Hall–Kier alpha value is -3.15. The zero-order valence-corrected chi connectivity index (χ0v) is 26.5. The van der Waals surface area contributed by atoms with E-state index >= 15 is 0 Å². The maximum Gasteiger partial charge on any atom is 0.265 e. The quantitative estimate of drug-likeness (QED) is 0.460. The number of carbonyl (C=O) groups excluding carboxylic acids is 3. The van der Waals surface area contributed by atoms with Crippen LogP contribution in [0.25, 0.3) is 0 Å². The van der Waals surface area contributed by atoms with Crippen molar-refractivity contribution in [2.24, 2.45) is 5.92 Å². The number of nitrogens with one attached hydrogen (secondary N) is 2. The third kappa shape index (κ3) is 6.68. The van der Waals surface area contributed by atoms with Crippen LogP contribution in [0.2, 0.25) is 5.02 Å². The van der Waals surface area contributed by atoms with Gasteiger partial charge in [-0.15, -0.1) is 0 Å². The molecule has 43 heavy (non-hydrogen) atoms. The van der Waals surface area contributed by atoms with E-state index in [9.17, 15) is 22.8 Å². The highest BCUT2D eigenvalue weighted by atomic mass is 35.5. The fourth-order valence-corrected chi connectivity index (χ4v) is 8.46. The van der Waals surface area contributed by atoms with Gasteiger partial charge in [0.15, 0.2) is 0 Å². The Bertz CT molecular complexity index is 1500. The number of aryl methyl sites for hydroxylation is 2. The van der Waals surface area contributed by atoms with Crippen molar-refractivity contribution in [1.29, 1.82) is 0 Å². The van der Waals surface area contributed by atoms with E-state index in [-0.39, 0.29) is 22.4 Å². The van der Waals surface area contributed by atoms with Crippen LogP contribution in [-0.2, 0) is 24.4 Å². The summed E-state index contributed by atoms with van der Waals surface area (Å²) in [7, 11) is -2.23. The van der Waals surface area contributed by atoms with Gasteiger partial charge in [-0.2, -0.15) is 0 Å². The zero-order chi connectivity index (χ0) is 30.9. The molecule has 10 nitrogen and oxygen atoms in total. The Morgan fingerprint density at radius 1 is 1.05 bits per heavy atom. The molecule has 0 saturated carbocycles. The molecule has 3 heterocycles. The molecule has 0 bridgehead atoms. The first kappa shape index (κ1) is 31.3. The van der Waals surface area contributed by atoms with Crippen LogP contribution in [0.5, 0.6) is 0 Å². The third-order valence-corrected chi connectivity index (χ3v) is 11.2. The number of fused-ring (bicyclic) bond motifs is 1. The molecule has 5 rings (SSSR count). The monoisotopic (exact) mass is 629 g/mol. The van der Waals surface area contributed by atoms with Crippen LogP contribution in [0, 0.1) is 19.8 Å². The van der Waals surface area contributed by atoms with Crippen molar-refractivity contribution in [3.05, 3.63) is 52.5 Å². The lowest BCUT2D eigenvalue weighted by Gasteiger charge is -2.37. The van der Waals surface area contributed by atoms with Crippen molar-refractivity contribution >= 4 is 50.7 Å². The van der Waals surface area contributed by atoms with Gasteiger partial charge in [0.2, 0.25) is 17.7 Å². The second kappa shape index (κ2) is 12.8. The number of para-hydroxylation sites is 2. The third-order valence-electron chi connectivity index (χ3n) is 8.82. The number of rotatable bonds is 8. The number of likely N-dealkylation sites (tertiary alicyclic amines) is 2. The number of benzene rings is 2. The summed E-state index contributed by atoms with van der Waals surface area (Å²) < 4.78 is 29.6. The number of anilines is 2.